The molecule has 1 aliphatic carbocycles. The van der Waals surface area contributed by atoms with E-state index in [-0.39, 0.29) is 41.5 Å². The minimum Gasteiger partial charge on any atom is -0.482 e. The van der Waals surface area contributed by atoms with E-state index in [1.807, 2.05) is 24.3 Å². The van der Waals surface area contributed by atoms with Crippen LogP contribution in [0.5, 0.6) is 5.75 Å². The Hall–Kier alpha value is -2.09. The van der Waals surface area contributed by atoms with Crippen molar-refractivity contribution in [3.8, 4) is 5.75 Å². The molecule has 8 heteroatoms. The smallest absolute Gasteiger partial charge is 0.344 e. The summed E-state index contributed by atoms with van der Waals surface area (Å²) in [6.07, 6.45) is 5.36. The number of hydrogen-bond acceptors (Lipinski definition) is 6. The molecule has 2 fully saturated rings. The average molecular weight is 466 g/mol. The van der Waals surface area contributed by atoms with Gasteiger partial charge in [-0.25, -0.2) is 13.2 Å². The van der Waals surface area contributed by atoms with Crippen LogP contribution >= 0.6 is 0 Å². The molecule has 1 amide bonds. The minimum atomic E-state index is -3.12. The van der Waals surface area contributed by atoms with Gasteiger partial charge in [-0.2, -0.15) is 0 Å². The summed E-state index contributed by atoms with van der Waals surface area (Å²) in [5.74, 6) is -0.281. The van der Waals surface area contributed by atoms with Crippen LogP contribution in [-0.4, -0.2) is 62.0 Å². The second-order valence-electron chi connectivity index (χ2n) is 9.87. The van der Waals surface area contributed by atoms with Crippen molar-refractivity contribution in [2.75, 3.05) is 24.7 Å². The minimum absolute atomic E-state index is 0.00312. The third kappa shape index (κ3) is 6.70. The summed E-state index contributed by atoms with van der Waals surface area (Å²) >= 11 is 0. The Kier molecular flexibility index (Phi) is 7.85. The molecule has 0 bridgehead atoms. The monoisotopic (exact) mass is 465 g/mol. The molecule has 0 radical (unpaired) electrons. The first-order chi connectivity index (χ1) is 15.0. The molecule has 1 heterocycles. The second kappa shape index (κ2) is 10.2. The largest absolute Gasteiger partial charge is 0.482 e. The first-order valence-corrected chi connectivity index (χ1v) is 13.3. The molecule has 0 aromatic heterocycles. The van der Waals surface area contributed by atoms with Gasteiger partial charge >= 0.3 is 5.97 Å². The molecule has 7 nitrogen and oxygen atoms in total. The van der Waals surface area contributed by atoms with E-state index in [2.05, 4.69) is 20.8 Å². The van der Waals surface area contributed by atoms with E-state index in [4.69, 9.17) is 9.47 Å². The zero-order valence-corrected chi connectivity index (χ0v) is 20.2. The van der Waals surface area contributed by atoms with E-state index in [1.54, 1.807) is 4.90 Å². The van der Waals surface area contributed by atoms with E-state index in [0.29, 0.717) is 12.2 Å². The van der Waals surface area contributed by atoms with E-state index in [0.717, 1.165) is 37.7 Å². The SMILES string of the molecule is CC(C)(C)c1ccc(OCC(=O)OCC(=O)N(C2CCCCC2)[C@H]2CCS(=O)(=O)C2)cc1. The van der Waals surface area contributed by atoms with Gasteiger partial charge in [0.2, 0.25) is 0 Å². The quantitative estimate of drug-likeness (QED) is 0.574. The number of esters is 1. The number of amides is 1. The fraction of sp³-hybridized carbons (Fsp3) is 0.667. The highest BCUT2D eigenvalue weighted by Gasteiger charge is 2.38. The fourth-order valence-electron chi connectivity index (χ4n) is 4.51. The van der Waals surface area contributed by atoms with Crippen LogP contribution in [0.3, 0.4) is 0 Å². The number of hydrogen-bond donors (Lipinski definition) is 0. The molecule has 1 aromatic carbocycles. The zero-order chi connectivity index (χ0) is 23.4. The Morgan fingerprint density at radius 2 is 1.62 bits per heavy atom. The highest BCUT2D eigenvalue weighted by atomic mass is 32.2. The van der Waals surface area contributed by atoms with Crippen LogP contribution in [0.4, 0.5) is 0 Å². The van der Waals surface area contributed by atoms with Crippen molar-refractivity contribution >= 4 is 21.7 Å². The molecule has 2 aliphatic rings. The van der Waals surface area contributed by atoms with Gasteiger partial charge in [0.15, 0.2) is 23.1 Å². The zero-order valence-electron chi connectivity index (χ0n) is 19.3. The van der Waals surface area contributed by atoms with Crippen LogP contribution in [-0.2, 0) is 29.6 Å². The lowest BCUT2D eigenvalue weighted by atomic mass is 9.87. The molecule has 0 unspecified atom stereocenters. The molecule has 178 valence electrons. The number of sulfone groups is 1. The van der Waals surface area contributed by atoms with Crippen molar-refractivity contribution in [1.82, 2.24) is 4.90 Å². The van der Waals surface area contributed by atoms with Crippen LogP contribution in [0.2, 0.25) is 0 Å². The number of ether oxygens (including phenoxy) is 2. The summed E-state index contributed by atoms with van der Waals surface area (Å²) in [5.41, 5.74) is 1.19. The number of nitrogens with zero attached hydrogens (tertiary/aromatic N) is 1. The predicted octanol–water partition coefficient (Wildman–Crippen LogP) is 3.25. The Morgan fingerprint density at radius 1 is 0.969 bits per heavy atom. The van der Waals surface area contributed by atoms with E-state index in [1.165, 1.54) is 0 Å². The lowest BCUT2D eigenvalue weighted by molar-refractivity contribution is -0.155. The Balaban J connectivity index is 1.53. The van der Waals surface area contributed by atoms with Crippen molar-refractivity contribution in [3.05, 3.63) is 29.8 Å². The maximum absolute atomic E-state index is 13.0. The van der Waals surface area contributed by atoms with Gasteiger partial charge in [-0.1, -0.05) is 52.2 Å². The molecule has 1 atom stereocenters. The van der Waals surface area contributed by atoms with Crippen molar-refractivity contribution < 1.29 is 27.5 Å². The van der Waals surface area contributed by atoms with Crippen molar-refractivity contribution in [3.63, 3.8) is 0 Å². The average Bonchev–Trinajstić information content (AvgIpc) is 3.10. The third-order valence-electron chi connectivity index (χ3n) is 6.29. The summed E-state index contributed by atoms with van der Waals surface area (Å²) in [5, 5.41) is 0. The Labute approximate surface area is 191 Å². The maximum atomic E-state index is 13.0. The van der Waals surface area contributed by atoms with E-state index >= 15 is 0 Å². The highest BCUT2D eigenvalue weighted by Crippen LogP contribution is 2.28. The Morgan fingerprint density at radius 3 is 2.19 bits per heavy atom. The summed E-state index contributed by atoms with van der Waals surface area (Å²) in [7, 11) is -3.12. The standard InChI is InChI=1S/C24H35NO6S/c1-24(2,3)18-9-11-21(12-10-18)30-16-23(27)31-15-22(26)25(19-7-5-4-6-8-19)20-13-14-32(28,29)17-20/h9-12,19-20H,4-8,13-17H2,1-3H3/t20-/m0/s1. The Bertz CT molecular complexity index is 897. The van der Waals surface area contributed by atoms with Gasteiger partial charge in [0.25, 0.3) is 5.91 Å². The van der Waals surface area contributed by atoms with Crippen LogP contribution in [0.25, 0.3) is 0 Å². The maximum Gasteiger partial charge on any atom is 0.344 e. The first kappa shape index (κ1) is 24.6. The molecule has 1 aromatic rings. The normalized spacial score (nSPS) is 21.2. The van der Waals surface area contributed by atoms with Gasteiger partial charge in [0.05, 0.1) is 11.5 Å². The number of carbonyl (C=O) groups excluding carboxylic acids is 2. The van der Waals surface area contributed by atoms with Crippen LogP contribution in [0.1, 0.15) is 64.9 Å². The van der Waals surface area contributed by atoms with Gasteiger partial charge in [0.1, 0.15) is 5.75 Å². The van der Waals surface area contributed by atoms with Gasteiger partial charge in [-0.15, -0.1) is 0 Å². The van der Waals surface area contributed by atoms with Gasteiger partial charge in [-0.3, -0.25) is 4.79 Å². The van der Waals surface area contributed by atoms with Gasteiger partial charge < -0.3 is 14.4 Å². The molecule has 1 saturated heterocycles. The molecule has 0 spiro atoms. The van der Waals surface area contributed by atoms with E-state index < -0.39 is 22.4 Å². The fourth-order valence-corrected chi connectivity index (χ4v) is 6.22. The van der Waals surface area contributed by atoms with E-state index in [9.17, 15) is 18.0 Å². The summed E-state index contributed by atoms with van der Waals surface area (Å²) in [4.78, 5) is 26.8. The number of rotatable bonds is 7. The molecule has 1 saturated carbocycles. The third-order valence-corrected chi connectivity index (χ3v) is 8.04. The number of carbonyl (C=O) groups is 2. The molecule has 32 heavy (non-hydrogen) atoms. The van der Waals surface area contributed by atoms with Gasteiger partial charge in [-0.05, 0) is 42.4 Å². The second-order valence-corrected chi connectivity index (χ2v) is 12.1. The lowest BCUT2D eigenvalue weighted by Gasteiger charge is -2.38. The topological polar surface area (TPSA) is 90.0 Å². The highest BCUT2D eigenvalue weighted by molar-refractivity contribution is 7.91. The van der Waals surface area contributed by atoms with Crippen molar-refractivity contribution in [2.45, 2.75) is 76.8 Å². The molecule has 1 aliphatic heterocycles. The molecule has 0 N–H and O–H groups in total. The van der Waals surface area contributed by atoms with Crippen LogP contribution in [0, 0.1) is 0 Å². The predicted molar refractivity (Wildman–Crippen MR) is 122 cm³/mol. The number of benzene rings is 1. The van der Waals surface area contributed by atoms with Crippen LogP contribution in [0.15, 0.2) is 24.3 Å². The van der Waals surface area contributed by atoms with Crippen molar-refractivity contribution in [1.29, 1.82) is 0 Å². The summed E-state index contributed by atoms with van der Waals surface area (Å²) < 4.78 is 34.6. The molecular formula is C24H35NO6S. The van der Waals surface area contributed by atoms with Gasteiger partial charge in [0, 0.05) is 12.1 Å². The molecule has 3 rings (SSSR count). The van der Waals surface area contributed by atoms with Crippen LogP contribution < -0.4 is 4.74 Å². The summed E-state index contributed by atoms with van der Waals surface area (Å²) in [6.45, 7) is 5.68. The lowest BCUT2D eigenvalue weighted by Crippen LogP contribution is -2.50. The van der Waals surface area contributed by atoms with Crippen molar-refractivity contribution in [2.24, 2.45) is 0 Å². The molecular weight excluding hydrogens is 430 g/mol. The first-order valence-electron chi connectivity index (χ1n) is 11.5. The summed E-state index contributed by atoms with van der Waals surface area (Å²) in [6, 6.07) is 7.23.